The second kappa shape index (κ2) is 10.4. The first kappa shape index (κ1) is 21.4. The Balaban J connectivity index is 1.92. The number of nitro benzene ring substituents is 1. The van der Waals surface area contributed by atoms with E-state index in [0.717, 1.165) is 12.8 Å². The van der Waals surface area contributed by atoms with Gasteiger partial charge >= 0.3 is 0 Å². The van der Waals surface area contributed by atoms with E-state index in [2.05, 4.69) is 42.7 Å². The second-order valence-corrected chi connectivity index (χ2v) is 6.70. The van der Waals surface area contributed by atoms with Gasteiger partial charge in [0.25, 0.3) is 11.6 Å². The maximum absolute atomic E-state index is 12.3. The number of nitrogens with one attached hydrogen (secondary N) is 2. The van der Waals surface area contributed by atoms with Crippen LogP contribution in [0.2, 0.25) is 0 Å². The Morgan fingerprint density at radius 1 is 1.14 bits per heavy atom. The average molecular weight is 385 g/mol. The van der Waals surface area contributed by atoms with E-state index in [4.69, 9.17) is 4.74 Å². The fraction of sp³-hybridized carbons (Fsp3) is 0.381. The number of nitro groups is 1. The van der Waals surface area contributed by atoms with Crippen LogP contribution in [-0.2, 0) is 11.2 Å². The van der Waals surface area contributed by atoms with Gasteiger partial charge in [0.05, 0.1) is 11.5 Å². The standard InChI is InChI=1S/C21H27N3O4/c1-15-6-7-17(16(2)13-15)5-4-10-23-21(25)18-8-9-19(22-11-12-28-3)20(14-18)24(26)27/h6-9,13-14,22H,4-5,10-12H2,1-3H3,(H,23,25). The zero-order valence-electron chi connectivity index (χ0n) is 16.6. The van der Waals surface area contributed by atoms with Crippen LogP contribution in [0.1, 0.15) is 33.5 Å². The van der Waals surface area contributed by atoms with Gasteiger partial charge in [0.2, 0.25) is 0 Å². The van der Waals surface area contributed by atoms with E-state index in [1.165, 1.54) is 22.8 Å². The third-order valence-corrected chi connectivity index (χ3v) is 4.48. The third-order valence-electron chi connectivity index (χ3n) is 4.48. The maximum atomic E-state index is 12.3. The minimum atomic E-state index is -0.494. The van der Waals surface area contributed by atoms with E-state index in [0.29, 0.717) is 25.4 Å². The molecule has 0 atom stereocenters. The highest BCUT2D eigenvalue weighted by atomic mass is 16.6. The van der Waals surface area contributed by atoms with Crippen molar-refractivity contribution in [1.29, 1.82) is 0 Å². The summed E-state index contributed by atoms with van der Waals surface area (Å²) in [5.41, 5.74) is 4.26. The van der Waals surface area contributed by atoms with Crippen molar-refractivity contribution in [3.8, 4) is 0 Å². The van der Waals surface area contributed by atoms with Crippen molar-refractivity contribution in [2.45, 2.75) is 26.7 Å². The number of carbonyl (C=O) groups excluding carboxylic acids is 1. The first-order chi connectivity index (χ1) is 13.4. The lowest BCUT2D eigenvalue weighted by Crippen LogP contribution is -2.25. The molecule has 0 radical (unpaired) electrons. The number of rotatable bonds is 10. The monoisotopic (exact) mass is 385 g/mol. The summed E-state index contributed by atoms with van der Waals surface area (Å²) >= 11 is 0. The summed E-state index contributed by atoms with van der Waals surface area (Å²) in [7, 11) is 1.56. The molecule has 28 heavy (non-hydrogen) atoms. The van der Waals surface area contributed by atoms with E-state index in [9.17, 15) is 14.9 Å². The molecular weight excluding hydrogens is 358 g/mol. The number of hydrogen-bond donors (Lipinski definition) is 2. The van der Waals surface area contributed by atoms with Gasteiger partial charge in [-0.25, -0.2) is 0 Å². The molecule has 0 aromatic heterocycles. The van der Waals surface area contributed by atoms with Gasteiger partial charge in [-0.2, -0.15) is 0 Å². The smallest absolute Gasteiger partial charge is 0.293 e. The molecule has 0 saturated carbocycles. The van der Waals surface area contributed by atoms with Gasteiger partial charge in [-0.05, 0) is 49.9 Å². The Morgan fingerprint density at radius 3 is 2.61 bits per heavy atom. The summed E-state index contributed by atoms with van der Waals surface area (Å²) < 4.78 is 4.93. The van der Waals surface area contributed by atoms with Crippen LogP contribution in [0.4, 0.5) is 11.4 Å². The third kappa shape index (κ3) is 6.06. The molecule has 7 nitrogen and oxygen atoms in total. The summed E-state index contributed by atoms with van der Waals surface area (Å²) in [6, 6.07) is 10.8. The normalized spacial score (nSPS) is 10.5. The summed E-state index contributed by atoms with van der Waals surface area (Å²) in [6.07, 6.45) is 1.67. The van der Waals surface area contributed by atoms with E-state index in [1.807, 2.05) is 0 Å². The Hall–Kier alpha value is -2.93. The van der Waals surface area contributed by atoms with Gasteiger partial charge in [-0.1, -0.05) is 23.8 Å². The van der Waals surface area contributed by atoms with Gasteiger partial charge in [-0.15, -0.1) is 0 Å². The van der Waals surface area contributed by atoms with Gasteiger partial charge < -0.3 is 15.4 Å². The lowest BCUT2D eigenvalue weighted by molar-refractivity contribution is -0.384. The molecule has 0 fully saturated rings. The predicted molar refractivity (Wildman–Crippen MR) is 110 cm³/mol. The number of aryl methyl sites for hydroxylation is 3. The predicted octanol–water partition coefficient (Wildman–Crippen LogP) is 3.63. The number of anilines is 1. The van der Waals surface area contributed by atoms with E-state index >= 15 is 0 Å². The first-order valence-electron chi connectivity index (χ1n) is 9.28. The molecule has 2 rings (SSSR count). The largest absolute Gasteiger partial charge is 0.383 e. The van der Waals surface area contributed by atoms with Crippen LogP contribution < -0.4 is 10.6 Å². The van der Waals surface area contributed by atoms with Crippen molar-refractivity contribution in [3.05, 3.63) is 68.8 Å². The van der Waals surface area contributed by atoms with Crippen LogP contribution in [0, 0.1) is 24.0 Å². The van der Waals surface area contributed by atoms with E-state index < -0.39 is 4.92 Å². The SMILES string of the molecule is COCCNc1ccc(C(=O)NCCCc2ccc(C)cc2C)cc1[N+](=O)[O-]. The molecule has 0 aliphatic carbocycles. The molecule has 0 aliphatic heterocycles. The molecule has 7 heteroatoms. The molecule has 2 aromatic carbocycles. The Bertz CT molecular complexity index is 836. The highest BCUT2D eigenvalue weighted by Crippen LogP contribution is 2.25. The van der Waals surface area contributed by atoms with Crippen LogP contribution in [0.5, 0.6) is 0 Å². The quantitative estimate of drug-likeness (QED) is 0.370. The van der Waals surface area contributed by atoms with Crippen molar-refractivity contribution in [2.24, 2.45) is 0 Å². The van der Waals surface area contributed by atoms with E-state index in [1.54, 1.807) is 19.2 Å². The van der Waals surface area contributed by atoms with Gasteiger partial charge in [-0.3, -0.25) is 14.9 Å². The number of nitrogens with zero attached hydrogens (tertiary/aromatic N) is 1. The minimum absolute atomic E-state index is 0.126. The van der Waals surface area contributed by atoms with Crippen molar-refractivity contribution < 1.29 is 14.5 Å². The summed E-state index contributed by atoms with van der Waals surface area (Å²) in [5.74, 6) is -0.313. The molecule has 0 spiro atoms. The Labute approximate surface area is 165 Å². The van der Waals surface area contributed by atoms with E-state index in [-0.39, 0.29) is 17.2 Å². The highest BCUT2D eigenvalue weighted by Gasteiger charge is 2.17. The van der Waals surface area contributed by atoms with Crippen LogP contribution >= 0.6 is 0 Å². The van der Waals surface area contributed by atoms with Gasteiger partial charge in [0, 0.05) is 31.8 Å². The number of amides is 1. The summed E-state index contributed by atoms with van der Waals surface area (Å²) in [4.78, 5) is 23.2. The average Bonchev–Trinajstić information content (AvgIpc) is 2.66. The maximum Gasteiger partial charge on any atom is 0.293 e. The molecule has 2 aromatic rings. The van der Waals surface area contributed by atoms with Crippen LogP contribution in [0.15, 0.2) is 36.4 Å². The molecule has 150 valence electrons. The fourth-order valence-corrected chi connectivity index (χ4v) is 2.97. The zero-order valence-corrected chi connectivity index (χ0v) is 16.6. The first-order valence-corrected chi connectivity index (χ1v) is 9.28. The molecule has 0 aliphatic rings. The summed E-state index contributed by atoms with van der Waals surface area (Å²) in [5, 5.41) is 17.1. The van der Waals surface area contributed by atoms with Crippen molar-refractivity contribution in [2.75, 3.05) is 32.1 Å². The Kier molecular flexibility index (Phi) is 7.95. The zero-order chi connectivity index (χ0) is 20.5. The van der Waals surface area contributed by atoms with Crippen molar-refractivity contribution >= 4 is 17.3 Å². The molecular formula is C21H27N3O4. The Morgan fingerprint density at radius 2 is 1.93 bits per heavy atom. The number of methoxy groups -OCH3 is 1. The molecule has 0 unspecified atom stereocenters. The summed E-state index contributed by atoms with van der Waals surface area (Å²) in [6.45, 7) is 5.53. The number of carbonyl (C=O) groups is 1. The lowest BCUT2D eigenvalue weighted by Gasteiger charge is -2.10. The highest BCUT2D eigenvalue weighted by molar-refractivity contribution is 5.95. The van der Waals surface area contributed by atoms with Crippen LogP contribution in [0.3, 0.4) is 0 Å². The van der Waals surface area contributed by atoms with Crippen LogP contribution in [-0.4, -0.2) is 37.6 Å². The van der Waals surface area contributed by atoms with Gasteiger partial charge in [0.1, 0.15) is 5.69 Å². The number of ether oxygens (including phenoxy) is 1. The van der Waals surface area contributed by atoms with Crippen molar-refractivity contribution in [3.63, 3.8) is 0 Å². The molecule has 0 bridgehead atoms. The molecule has 2 N–H and O–H groups in total. The molecule has 0 heterocycles. The van der Waals surface area contributed by atoms with Gasteiger partial charge in [0.15, 0.2) is 0 Å². The number of benzene rings is 2. The second-order valence-electron chi connectivity index (χ2n) is 6.70. The molecule has 0 saturated heterocycles. The lowest BCUT2D eigenvalue weighted by atomic mass is 10.0. The minimum Gasteiger partial charge on any atom is -0.383 e. The fourth-order valence-electron chi connectivity index (χ4n) is 2.97. The van der Waals surface area contributed by atoms with Crippen molar-refractivity contribution in [1.82, 2.24) is 5.32 Å². The molecule has 1 amide bonds. The topological polar surface area (TPSA) is 93.5 Å². The number of hydrogen-bond acceptors (Lipinski definition) is 5. The van der Waals surface area contributed by atoms with Crippen LogP contribution in [0.25, 0.3) is 0 Å².